The molecule has 0 aliphatic carbocycles. The van der Waals surface area contributed by atoms with Crippen molar-refractivity contribution >= 4 is 5.69 Å². The molecular weight excluding hydrogens is 271 g/mol. The number of benzene rings is 1. The van der Waals surface area contributed by atoms with Gasteiger partial charge in [-0.3, -0.25) is 0 Å². The second kappa shape index (κ2) is 6.23. The van der Waals surface area contributed by atoms with E-state index in [2.05, 4.69) is 20.0 Å². The average Bonchev–Trinajstić information content (AvgIpc) is 2.44. The zero-order valence-corrected chi connectivity index (χ0v) is 10.4. The summed E-state index contributed by atoms with van der Waals surface area (Å²) in [6, 6.07) is 8.02. The molecule has 1 aromatic carbocycles. The highest BCUT2D eigenvalue weighted by Gasteiger charge is 2.28. The van der Waals surface area contributed by atoms with E-state index in [1.807, 2.05) is 0 Å². The molecule has 2 aromatic rings. The van der Waals surface area contributed by atoms with Crippen molar-refractivity contribution in [2.24, 2.45) is 0 Å². The Hall–Kier alpha value is -2.31. The van der Waals surface area contributed by atoms with E-state index in [1.165, 1.54) is 18.5 Å². The predicted octanol–water partition coefficient (Wildman–Crippen LogP) is 3.03. The Kier molecular flexibility index (Phi) is 4.39. The van der Waals surface area contributed by atoms with Gasteiger partial charge in [0, 0.05) is 11.9 Å². The molecule has 1 N–H and O–H groups in total. The molecule has 0 saturated heterocycles. The van der Waals surface area contributed by atoms with E-state index < -0.39 is 12.8 Å². The summed E-state index contributed by atoms with van der Waals surface area (Å²) in [6.07, 6.45) is -1.24. The van der Waals surface area contributed by atoms with Gasteiger partial charge in [-0.2, -0.15) is 13.2 Å². The van der Waals surface area contributed by atoms with Gasteiger partial charge in [0.05, 0.1) is 12.2 Å². The van der Waals surface area contributed by atoms with Crippen LogP contribution in [-0.4, -0.2) is 22.8 Å². The number of nitrogens with zero attached hydrogens (tertiary/aromatic N) is 2. The van der Waals surface area contributed by atoms with Crippen molar-refractivity contribution in [1.82, 2.24) is 9.97 Å². The Morgan fingerprint density at radius 2 is 1.85 bits per heavy atom. The van der Waals surface area contributed by atoms with Crippen molar-refractivity contribution in [2.45, 2.75) is 12.7 Å². The third-order valence-corrected chi connectivity index (χ3v) is 2.37. The van der Waals surface area contributed by atoms with E-state index in [9.17, 15) is 13.2 Å². The Morgan fingerprint density at radius 1 is 1.10 bits per heavy atom. The van der Waals surface area contributed by atoms with Crippen molar-refractivity contribution in [2.75, 3.05) is 11.9 Å². The van der Waals surface area contributed by atoms with Gasteiger partial charge in [0.25, 0.3) is 0 Å². The highest BCUT2D eigenvalue weighted by Crippen LogP contribution is 2.20. The van der Waals surface area contributed by atoms with Crippen LogP contribution in [0, 0.1) is 0 Å². The Bertz CT molecular complexity index is 529. The first-order valence-corrected chi connectivity index (χ1v) is 5.81. The SMILES string of the molecule is FC(F)(F)COc1ccc(NCc2ccncn2)cc1. The largest absolute Gasteiger partial charge is 0.484 e. The fraction of sp³-hybridized carbons (Fsp3) is 0.231. The molecule has 2 rings (SSSR count). The number of anilines is 1. The van der Waals surface area contributed by atoms with Crippen LogP contribution in [0.25, 0.3) is 0 Å². The molecule has 0 spiro atoms. The van der Waals surface area contributed by atoms with Gasteiger partial charge < -0.3 is 10.1 Å². The van der Waals surface area contributed by atoms with Gasteiger partial charge in [-0.15, -0.1) is 0 Å². The van der Waals surface area contributed by atoms with Gasteiger partial charge in [0.1, 0.15) is 12.1 Å². The van der Waals surface area contributed by atoms with Crippen LogP contribution in [0.5, 0.6) is 5.75 Å². The van der Waals surface area contributed by atoms with E-state index in [-0.39, 0.29) is 5.75 Å². The number of alkyl halides is 3. The smallest absolute Gasteiger partial charge is 0.422 e. The minimum Gasteiger partial charge on any atom is -0.484 e. The second-order valence-electron chi connectivity index (χ2n) is 3.98. The van der Waals surface area contributed by atoms with Crippen LogP contribution in [0.15, 0.2) is 42.9 Å². The molecule has 0 atom stereocenters. The summed E-state index contributed by atoms with van der Waals surface area (Å²) in [7, 11) is 0. The first kappa shape index (κ1) is 14.1. The van der Waals surface area contributed by atoms with Crippen LogP contribution < -0.4 is 10.1 Å². The maximum atomic E-state index is 12.0. The van der Waals surface area contributed by atoms with Crippen molar-refractivity contribution in [3.05, 3.63) is 48.5 Å². The fourth-order valence-electron chi connectivity index (χ4n) is 1.45. The van der Waals surface area contributed by atoms with Gasteiger partial charge >= 0.3 is 6.18 Å². The average molecular weight is 283 g/mol. The first-order valence-electron chi connectivity index (χ1n) is 5.81. The lowest BCUT2D eigenvalue weighted by atomic mass is 10.3. The Morgan fingerprint density at radius 3 is 2.45 bits per heavy atom. The van der Waals surface area contributed by atoms with Crippen LogP contribution in [0.2, 0.25) is 0 Å². The van der Waals surface area contributed by atoms with Crippen LogP contribution in [0.4, 0.5) is 18.9 Å². The maximum Gasteiger partial charge on any atom is 0.422 e. The molecule has 7 heteroatoms. The van der Waals surface area contributed by atoms with Crippen molar-refractivity contribution < 1.29 is 17.9 Å². The van der Waals surface area contributed by atoms with Gasteiger partial charge in [-0.25, -0.2) is 9.97 Å². The third-order valence-electron chi connectivity index (χ3n) is 2.37. The van der Waals surface area contributed by atoms with E-state index in [4.69, 9.17) is 0 Å². The second-order valence-corrected chi connectivity index (χ2v) is 3.98. The summed E-state index contributed by atoms with van der Waals surface area (Å²) < 4.78 is 40.6. The molecule has 4 nitrogen and oxygen atoms in total. The minimum absolute atomic E-state index is 0.176. The monoisotopic (exact) mass is 283 g/mol. The van der Waals surface area contributed by atoms with E-state index in [0.717, 1.165) is 11.4 Å². The molecule has 0 unspecified atom stereocenters. The first-order chi connectivity index (χ1) is 9.53. The number of hydrogen-bond donors (Lipinski definition) is 1. The number of nitrogens with one attached hydrogen (secondary N) is 1. The number of rotatable bonds is 5. The van der Waals surface area contributed by atoms with E-state index >= 15 is 0 Å². The highest BCUT2D eigenvalue weighted by atomic mass is 19.4. The summed E-state index contributed by atoms with van der Waals surface area (Å²) in [4.78, 5) is 7.85. The lowest BCUT2D eigenvalue weighted by molar-refractivity contribution is -0.153. The highest BCUT2D eigenvalue weighted by molar-refractivity contribution is 5.46. The van der Waals surface area contributed by atoms with Gasteiger partial charge in [-0.1, -0.05) is 0 Å². The van der Waals surface area contributed by atoms with Crippen LogP contribution >= 0.6 is 0 Å². The third kappa shape index (κ3) is 4.75. The minimum atomic E-state index is -4.33. The van der Waals surface area contributed by atoms with E-state index in [1.54, 1.807) is 24.4 Å². The molecule has 0 amide bonds. The van der Waals surface area contributed by atoms with Crippen molar-refractivity contribution in [1.29, 1.82) is 0 Å². The number of halogens is 3. The summed E-state index contributed by atoms with van der Waals surface area (Å²) in [5.41, 5.74) is 1.58. The summed E-state index contributed by atoms with van der Waals surface area (Å²) in [6.45, 7) is -0.786. The number of aromatic nitrogens is 2. The molecule has 1 heterocycles. The number of hydrogen-bond acceptors (Lipinski definition) is 4. The topological polar surface area (TPSA) is 47.0 Å². The summed E-state index contributed by atoms with van der Waals surface area (Å²) in [5, 5.41) is 3.09. The van der Waals surface area contributed by atoms with Crippen LogP contribution in [0.3, 0.4) is 0 Å². The molecule has 106 valence electrons. The van der Waals surface area contributed by atoms with Gasteiger partial charge in [0.2, 0.25) is 0 Å². The molecule has 0 aliphatic rings. The molecule has 0 fully saturated rings. The van der Waals surface area contributed by atoms with Crippen molar-refractivity contribution in [3.8, 4) is 5.75 Å². The summed E-state index contributed by atoms with van der Waals surface area (Å²) >= 11 is 0. The molecular formula is C13H12F3N3O. The lowest BCUT2D eigenvalue weighted by Crippen LogP contribution is -2.19. The molecule has 1 aromatic heterocycles. The lowest BCUT2D eigenvalue weighted by Gasteiger charge is -2.10. The molecule has 20 heavy (non-hydrogen) atoms. The van der Waals surface area contributed by atoms with Crippen LogP contribution in [0.1, 0.15) is 5.69 Å². The summed E-state index contributed by atoms with van der Waals surface area (Å²) in [5.74, 6) is 0.176. The predicted molar refractivity (Wildman–Crippen MR) is 67.4 cm³/mol. The molecule has 0 radical (unpaired) electrons. The fourth-order valence-corrected chi connectivity index (χ4v) is 1.45. The van der Waals surface area contributed by atoms with Crippen LogP contribution in [-0.2, 0) is 6.54 Å². The van der Waals surface area contributed by atoms with Gasteiger partial charge in [0.15, 0.2) is 6.61 Å². The van der Waals surface area contributed by atoms with Gasteiger partial charge in [-0.05, 0) is 30.3 Å². The van der Waals surface area contributed by atoms with Crippen molar-refractivity contribution in [3.63, 3.8) is 0 Å². The Labute approximate surface area is 113 Å². The quantitative estimate of drug-likeness (QED) is 0.916. The number of ether oxygens (including phenoxy) is 1. The molecule has 0 bridgehead atoms. The molecule has 0 aliphatic heterocycles. The zero-order valence-electron chi connectivity index (χ0n) is 10.4. The Balaban J connectivity index is 1.85. The standard InChI is InChI=1S/C13H12F3N3O/c14-13(15,16)8-20-12-3-1-10(2-4-12)18-7-11-5-6-17-9-19-11/h1-6,9,18H,7-8H2. The molecule has 0 saturated carbocycles. The maximum absolute atomic E-state index is 12.0. The normalized spacial score (nSPS) is 11.2. The van der Waals surface area contributed by atoms with E-state index in [0.29, 0.717) is 6.54 Å². The zero-order chi connectivity index (χ0) is 14.4.